The lowest BCUT2D eigenvalue weighted by Gasteiger charge is -2.32. The molecule has 4 rings (SSSR count). The quantitative estimate of drug-likeness (QED) is 0.357. The number of pyridine rings is 1. The summed E-state index contributed by atoms with van der Waals surface area (Å²) in [5.41, 5.74) is 0.462. The van der Waals surface area contributed by atoms with Crippen molar-refractivity contribution in [3.63, 3.8) is 0 Å². The van der Waals surface area contributed by atoms with Crippen molar-refractivity contribution in [2.45, 2.75) is 39.0 Å². The number of rotatable bonds is 8. The Bertz CT molecular complexity index is 1440. The maximum Gasteiger partial charge on any atom is 0.414 e. The van der Waals surface area contributed by atoms with Crippen LogP contribution in [0.1, 0.15) is 43.3 Å². The predicted octanol–water partition coefficient (Wildman–Crippen LogP) is 3.90. The van der Waals surface area contributed by atoms with Gasteiger partial charge in [-0.05, 0) is 26.8 Å². The number of carbonyl (C=O) groups is 1. The molecule has 0 saturated heterocycles. The van der Waals surface area contributed by atoms with E-state index < -0.39 is 30.0 Å². The minimum atomic E-state index is -4.87. The van der Waals surface area contributed by atoms with E-state index in [1.807, 2.05) is 0 Å². The van der Waals surface area contributed by atoms with Gasteiger partial charge in [0.1, 0.15) is 11.8 Å². The third-order valence-electron chi connectivity index (χ3n) is 5.68. The third-order valence-corrected chi connectivity index (χ3v) is 5.68. The first-order valence-electron chi connectivity index (χ1n) is 11.4. The molecule has 0 spiro atoms. The number of aromatic nitrogens is 6. The summed E-state index contributed by atoms with van der Waals surface area (Å²) in [6.45, 7) is 4.27. The summed E-state index contributed by atoms with van der Waals surface area (Å²) < 4.78 is 60.8. The molecule has 12 nitrogen and oxygen atoms in total. The molecule has 4 aromatic heterocycles. The lowest BCUT2D eigenvalue weighted by molar-refractivity contribution is -0.179. The van der Waals surface area contributed by atoms with Gasteiger partial charge < -0.3 is 28.6 Å². The number of hydrogen-bond acceptors (Lipinski definition) is 9. The first-order valence-corrected chi connectivity index (χ1v) is 11.4. The largest absolute Gasteiger partial charge is 0.494 e. The Morgan fingerprint density at radius 3 is 2.61 bits per heavy atom. The number of hydrogen-bond donors (Lipinski definition) is 1. The molecular formula is C23H25F3N8O4. The Morgan fingerprint density at radius 2 is 2.00 bits per heavy atom. The summed E-state index contributed by atoms with van der Waals surface area (Å²) in [5, 5.41) is 6.12. The molecule has 15 heteroatoms. The van der Waals surface area contributed by atoms with Crippen LogP contribution in [-0.2, 0) is 0 Å². The Labute approximate surface area is 214 Å². The van der Waals surface area contributed by atoms with Crippen LogP contribution in [-0.4, -0.2) is 67.4 Å². The number of methoxy groups -OCH3 is 2. The number of amides is 2. The molecule has 2 atom stereocenters. The minimum Gasteiger partial charge on any atom is -0.494 e. The monoisotopic (exact) mass is 534 g/mol. The van der Waals surface area contributed by atoms with Crippen molar-refractivity contribution >= 4 is 11.7 Å². The number of carbonyl (C=O) groups excluding carboxylic acids is 1. The van der Waals surface area contributed by atoms with Crippen LogP contribution in [0.4, 0.5) is 18.0 Å². The number of aryl methyl sites for hydroxylation is 1. The zero-order valence-corrected chi connectivity index (χ0v) is 21.1. The molecule has 0 aliphatic heterocycles. The van der Waals surface area contributed by atoms with Gasteiger partial charge in [-0.3, -0.25) is 4.98 Å². The van der Waals surface area contributed by atoms with E-state index in [2.05, 4.69) is 30.4 Å². The van der Waals surface area contributed by atoms with Crippen LogP contribution in [0.15, 0.2) is 35.4 Å². The van der Waals surface area contributed by atoms with Crippen LogP contribution >= 0.6 is 0 Å². The van der Waals surface area contributed by atoms with Crippen molar-refractivity contribution in [2.75, 3.05) is 20.8 Å². The maximum absolute atomic E-state index is 14.5. The van der Waals surface area contributed by atoms with Crippen LogP contribution in [0, 0.1) is 6.92 Å². The Kier molecular flexibility index (Phi) is 7.37. The molecule has 0 saturated carbocycles. The van der Waals surface area contributed by atoms with E-state index in [1.165, 1.54) is 40.3 Å². The molecule has 1 N–H and O–H groups in total. The Hall–Kier alpha value is -4.43. The summed E-state index contributed by atoms with van der Waals surface area (Å²) in [6.07, 6.45) is 1.05. The SMILES string of the molecule is CCN(C(=O)NC(C)c1nc(C)no1)[C@@H](c1cc(-c2cn3ccnc3c(OC)n2)c(OC)cn1)C(F)(F)F. The summed E-state index contributed by atoms with van der Waals surface area (Å²) in [6, 6.07) is -3.00. The first kappa shape index (κ1) is 26.6. The lowest BCUT2D eigenvalue weighted by atomic mass is 10.1. The number of alkyl halides is 3. The standard InChI is InChI=1S/C23H25F3N8O4/c1-6-34(22(35)29-12(2)20-30-13(3)32-38-20)18(23(24,25)26)15-9-14(17(36-4)10-28-15)16-11-33-8-7-27-19(33)21(31-16)37-5/h7-12,18H,6H2,1-5H3,(H,29,35)/t12?,18-/m0/s1. The molecule has 202 valence electrons. The summed E-state index contributed by atoms with van der Waals surface area (Å²) in [5.74, 6) is 0.739. The van der Waals surface area contributed by atoms with Gasteiger partial charge in [-0.25, -0.2) is 14.8 Å². The number of nitrogens with zero attached hydrogens (tertiary/aromatic N) is 7. The second kappa shape index (κ2) is 10.5. The summed E-state index contributed by atoms with van der Waals surface area (Å²) in [7, 11) is 2.77. The second-order valence-corrected chi connectivity index (χ2v) is 8.18. The fourth-order valence-electron chi connectivity index (χ4n) is 3.91. The fourth-order valence-corrected chi connectivity index (χ4v) is 3.91. The zero-order chi connectivity index (χ0) is 27.6. The van der Waals surface area contributed by atoms with Crippen LogP contribution < -0.4 is 14.8 Å². The van der Waals surface area contributed by atoms with Crippen molar-refractivity contribution in [2.24, 2.45) is 0 Å². The number of fused-ring (bicyclic) bond motifs is 1. The van der Waals surface area contributed by atoms with E-state index in [4.69, 9.17) is 14.0 Å². The number of imidazole rings is 1. The van der Waals surface area contributed by atoms with Gasteiger partial charge in [0, 0.05) is 30.7 Å². The van der Waals surface area contributed by atoms with Gasteiger partial charge in [-0.15, -0.1) is 0 Å². The number of halogens is 3. The highest BCUT2D eigenvalue weighted by Gasteiger charge is 2.47. The average molecular weight is 534 g/mol. The molecule has 0 bridgehead atoms. The van der Waals surface area contributed by atoms with Gasteiger partial charge in [0.25, 0.3) is 5.88 Å². The minimum absolute atomic E-state index is 0.0650. The average Bonchev–Trinajstić information content (AvgIpc) is 3.54. The molecule has 0 aliphatic carbocycles. The molecule has 0 aliphatic rings. The summed E-state index contributed by atoms with van der Waals surface area (Å²) >= 11 is 0. The zero-order valence-electron chi connectivity index (χ0n) is 21.1. The molecule has 0 radical (unpaired) electrons. The molecule has 4 heterocycles. The molecule has 0 fully saturated rings. The van der Waals surface area contributed by atoms with Gasteiger partial charge >= 0.3 is 12.2 Å². The van der Waals surface area contributed by atoms with Gasteiger partial charge in [-0.1, -0.05) is 5.16 Å². The smallest absolute Gasteiger partial charge is 0.414 e. The molecule has 1 unspecified atom stereocenters. The van der Waals surface area contributed by atoms with Crippen molar-refractivity contribution in [1.29, 1.82) is 0 Å². The second-order valence-electron chi connectivity index (χ2n) is 8.18. The highest BCUT2D eigenvalue weighted by molar-refractivity contribution is 5.75. The maximum atomic E-state index is 14.5. The molecule has 0 aromatic carbocycles. The number of nitrogens with one attached hydrogen (secondary N) is 1. The van der Waals surface area contributed by atoms with Gasteiger partial charge in [-0.2, -0.15) is 18.2 Å². The van der Waals surface area contributed by atoms with Crippen molar-refractivity contribution in [3.8, 4) is 22.9 Å². The highest BCUT2D eigenvalue weighted by atomic mass is 19.4. The van der Waals surface area contributed by atoms with E-state index in [0.717, 1.165) is 6.20 Å². The highest BCUT2D eigenvalue weighted by Crippen LogP contribution is 2.40. The Morgan fingerprint density at radius 1 is 1.24 bits per heavy atom. The molecule has 38 heavy (non-hydrogen) atoms. The van der Waals surface area contributed by atoms with Gasteiger partial charge in [0.05, 0.1) is 31.8 Å². The van der Waals surface area contributed by atoms with Crippen molar-refractivity contribution < 1.29 is 32.0 Å². The Balaban J connectivity index is 1.75. The van der Waals surface area contributed by atoms with Gasteiger partial charge in [0.15, 0.2) is 17.5 Å². The number of urea groups is 1. The van der Waals surface area contributed by atoms with Crippen LogP contribution in [0.3, 0.4) is 0 Å². The first-order chi connectivity index (χ1) is 18.1. The van der Waals surface area contributed by atoms with Crippen molar-refractivity contribution in [3.05, 3.63) is 48.3 Å². The normalized spacial score (nSPS) is 13.3. The van der Waals surface area contributed by atoms with Crippen LogP contribution in [0.5, 0.6) is 11.6 Å². The number of ether oxygens (including phenoxy) is 2. The summed E-state index contributed by atoms with van der Waals surface area (Å²) in [4.78, 5) is 30.2. The van der Waals surface area contributed by atoms with Crippen LogP contribution in [0.2, 0.25) is 0 Å². The van der Waals surface area contributed by atoms with Gasteiger partial charge in [0.2, 0.25) is 5.89 Å². The van der Waals surface area contributed by atoms with E-state index in [-0.39, 0.29) is 35.3 Å². The van der Waals surface area contributed by atoms with Crippen LogP contribution in [0.25, 0.3) is 16.9 Å². The van der Waals surface area contributed by atoms with E-state index >= 15 is 0 Å². The molecular weight excluding hydrogens is 509 g/mol. The fraction of sp³-hybridized carbons (Fsp3) is 0.391. The third kappa shape index (κ3) is 5.17. The van der Waals surface area contributed by atoms with E-state index in [1.54, 1.807) is 23.7 Å². The van der Waals surface area contributed by atoms with Crippen molar-refractivity contribution in [1.82, 2.24) is 39.7 Å². The molecule has 4 aromatic rings. The molecule has 2 amide bonds. The topological polar surface area (TPSA) is 133 Å². The lowest BCUT2D eigenvalue weighted by Crippen LogP contribution is -2.48. The van der Waals surface area contributed by atoms with E-state index in [0.29, 0.717) is 16.4 Å². The predicted molar refractivity (Wildman–Crippen MR) is 126 cm³/mol. The van der Waals surface area contributed by atoms with E-state index in [9.17, 15) is 18.0 Å².